The SMILES string of the molecule is C[C@@H](NC(=S)NCCC[NH+]1CCOCC1)C12CC3CC(CC(C3)C1)C2. The van der Waals surface area contributed by atoms with E-state index in [1.807, 2.05) is 0 Å². The summed E-state index contributed by atoms with van der Waals surface area (Å²) in [5.41, 5.74) is 0.526. The second-order valence-corrected chi connectivity index (χ2v) is 9.78. The van der Waals surface area contributed by atoms with Gasteiger partial charge in [0.2, 0.25) is 0 Å². The van der Waals surface area contributed by atoms with E-state index in [0.717, 1.165) is 55.7 Å². The molecule has 0 aromatic carbocycles. The fourth-order valence-corrected chi connectivity index (χ4v) is 6.84. The van der Waals surface area contributed by atoms with Gasteiger partial charge in [0.1, 0.15) is 13.1 Å². The number of thiocarbonyl (C=S) groups is 1. The lowest BCUT2D eigenvalue weighted by Gasteiger charge is -2.59. The molecule has 0 aromatic heterocycles. The molecule has 1 aliphatic heterocycles. The number of hydrogen-bond acceptors (Lipinski definition) is 2. The van der Waals surface area contributed by atoms with Gasteiger partial charge in [0.05, 0.1) is 19.8 Å². The van der Waals surface area contributed by atoms with Crippen molar-refractivity contribution < 1.29 is 9.64 Å². The zero-order valence-corrected chi connectivity index (χ0v) is 16.6. The Balaban J connectivity index is 1.19. The highest BCUT2D eigenvalue weighted by Gasteiger charge is 2.53. The minimum Gasteiger partial charge on any atom is -0.370 e. The smallest absolute Gasteiger partial charge is 0.166 e. The maximum Gasteiger partial charge on any atom is 0.166 e. The summed E-state index contributed by atoms with van der Waals surface area (Å²) < 4.78 is 5.42. The molecular weight excluding hydrogens is 330 g/mol. The summed E-state index contributed by atoms with van der Waals surface area (Å²) in [6, 6.07) is 0.519. The van der Waals surface area contributed by atoms with Gasteiger partial charge in [-0.1, -0.05) is 0 Å². The Morgan fingerprint density at radius 3 is 2.32 bits per heavy atom. The molecule has 0 amide bonds. The van der Waals surface area contributed by atoms with Gasteiger partial charge in [0.25, 0.3) is 0 Å². The average molecular weight is 367 g/mol. The van der Waals surface area contributed by atoms with E-state index in [-0.39, 0.29) is 0 Å². The summed E-state index contributed by atoms with van der Waals surface area (Å²) in [6.07, 6.45) is 10.0. The van der Waals surface area contributed by atoms with E-state index in [0.29, 0.717) is 11.5 Å². The minimum atomic E-state index is 0.519. The van der Waals surface area contributed by atoms with E-state index in [1.165, 1.54) is 51.5 Å². The third kappa shape index (κ3) is 4.14. The van der Waals surface area contributed by atoms with Crippen LogP contribution >= 0.6 is 12.2 Å². The average Bonchev–Trinajstić information content (AvgIpc) is 2.58. The largest absolute Gasteiger partial charge is 0.370 e. The second-order valence-electron chi connectivity index (χ2n) is 9.37. The van der Waals surface area contributed by atoms with Crippen molar-refractivity contribution in [3.05, 3.63) is 0 Å². The number of hydrogen-bond donors (Lipinski definition) is 3. The van der Waals surface area contributed by atoms with Gasteiger partial charge in [0, 0.05) is 19.0 Å². The van der Waals surface area contributed by atoms with Crippen LogP contribution in [0.5, 0.6) is 0 Å². The molecule has 5 rings (SSSR count). The van der Waals surface area contributed by atoms with Crippen molar-refractivity contribution in [1.29, 1.82) is 0 Å². The second kappa shape index (κ2) is 7.69. The van der Waals surface area contributed by atoms with E-state index in [9.17, 15) is 0 Å². The molecule has 1 heterocycles. The van der Waals surface area contributed by atoms with Crippen molar-refractivity contribution in [3.8, 4) is 0 Å². The van der Waals surface area contributed by atoms with Crippen LogP contribution in [0.25, 0.3) is 0 Å². The van der Waals surface area contributed by atoms with Crippen LogP contribution < -0.4 is 15.5 Å². The molecule has 0 aromatic rings. The van der Waals surface area contributed by atoms with Gasteiger partial charge in [-0.3, -0.25) is 0 Å². The van der Waals surface area contributed by atoms with E-state index in [1.54, 1.807) is 4.90 Å². The first-order chi connectivity index (χ1) is 12.1. The molecule has 1 atom stereocenters. The first-order valence-electron chi connectivity index (χ1n) is 10.6. The lowest BCUT2D eigenvalue weighted by atomic mass is 9.48. The Hall–Kier alpha value is -0.390. The number of ether oxygens (including phenoxy) is 1. The number of rotatable bonds is 6. The topological polar surface area (TPSA) is 37.7 Å². The molecule has 4 aliphatic carbocycles. The Kier molecular flexibility index (Phi) is 5.54. The lowest BCUT2D eigenvalue weighted by Crippen LogP contribution is -3.14. The van der Waals surface area contributed by atoms with Crippen LogP contribution in [0.2, 0.25) is 0 Å². The third-order valence-electron chi connectivity index (χ3n) is 7.54. The molecule has 142 valence electrons. The van der Waals surface area contributed by atoms with Crippen molar-refractivity contribution >= 4 is 17.3 Å². The minimum absolute atomic E-state index is 0.519. The van der Waals surface area contributed by atoms with E-state index in [2.05, 4.69) is 17.6 Å². The van der Waals surface area contributed by atoms with Gasteiger partial charge in [-0.2, -0.15) is 0 Å². The Bertz CT molecular complexity index is 442. The van der Waals surface area contributed by atoms with Gasteiger partial charge < -0.3 is 20.3 Å². The normalized spacial score (nSPS) is 38.5. The van der Waals surface area contributed by atoms with E-state index in [4.69, 9.17) is 17.0 Å². The van der Waals surface area contributed by atoms with Gasteiger partial charge in [-0.15, -0.1) is 0 Å². The Morgan fingerprint density at radius 1 is 1.12 bits per heavy atom. The van der Waals surface area contributed by atoms with Gasteiger partial charge in [-0.25, -0.2) is 0 Å². The molecule has 0 unspecified atom stereocenters. The van der Waals surface area contributed by atoms with Crippen molar-refractivity contribution in [2.75, 3.05) is 39.4 Å². The maximum atomic E-state index is 5.61. The first kappa shape index (κ1) is 18.0. The van der Waals surface area contributed by atoms with Crippen LogP contribution in [0.3, 0.4) is 0 Å². The molecule has 0 spiro atoms. The molecule has 1 saturated heterocycles. The predicted molar refractivity (Wildman–Crippen MR) is 105 cm³/mol. The summed E-state index contributed by atoms with van der Waals surface area (Å²) in [5.74, 6) is 3.02. The summed E-state index contributed by atoms with van der Waals surface area (Å²) >= 11 is 5.61. The van der Waals surface area contributed by atoms with Crippen molar-refractivity contribution in [2.45, 2.75) is 57.9 Å². The van der Waals surface area contributed by atoms with E-state index < -0.39 is 0 Å². The molecule has 5 fully saturated rings. The Morgan fingerprint density at radius 2 is 1.72 bits per heavy atom. The number of nitrogens with one attached hydrogen (secondary N) is 3. The molecule has 4 saturated carbocycles. The van der Waals surface area contributed by atoms with Crippen LogP contribution in [0.15, 0.2) is 0 Å². The molecule has 0 radical (unpaired) electrons. The fraction of sp³-hybridized carbons (Fsp3) is 0.950. The van der Waals surface area contributed by atoms with Crippen molar-refractivity contribution in [2.24, 2.45) is 23.2 Å². The molecule has 25 heavy (non-hydrogen) atoms. The van der Waals surface area contributed by atoms with Crippen LogP contribution in [0.4, 0.5) is 0 Å². The zero-order valence-electron chi connectivity index (χ0n) is 15.8. The fourth-order valence-electron chi connectivity index (χ4n) is 6.56. The van der Waals surface area contributed by atoms with Crippen molar-refractivity contribution in [3.63, 3.8) is 0 Å². The van der Waals surface area contributed by atoms with Gasteiger partial charge in [0.15, 0.2) is 5.11 Å². The number of quaternary nitrogens is 1. The summed E-state index contributed by atoms with van der Waals surface area (Å²) in [6.45, 7) is 8.76. The molecule has 3 N–H and O–H groups in total. The van der Waals surface area contributed by atoms with Gasteiger partial charge in [-0.05, 0) is 80.8 Å². The molecule has 4 bridgehead atoms. The first-order valence-corrected chi connectivity index (χ1v) is 11.0. The summed E-state index contributed by atoms with van der Waals surface area (Å²) in [4.78, 5) is 1.67. The lowest BCUT2D eigenvalue weighted by molar-refractivity contribution is -0.908. The highest BCUT2D eigenvalue weighted by Crippen LogP contribution is 2.61. The predicted octanol–water partition coefficient (Wildman–Crippen LogP) is 1.36. The highest BCUT2D eigenvalue weighted by atomic mass is 32.1. The third-order valence-corrected chi connectivity index (χ3v) is 7.81. The zero-order chi connectivity index (χ0) is 17.3. The molecule has 5 aliphatic rings. The molecule has 4 nitrogen and oxygen atoms in total. The summed E-state index contributed by atoms with van der Waals surface area (Å²) in [7, 11) is 0. The molecular formula is C20H36N3OS+. The van der Waals surface area contributed by atoms with Crippen LogP contribution in [0, 0.1) is 23.2 Å². The maximum absolute atomic E-state index is 5.61. The molecule has 5 heteroatoms. The summed E-state index contributed by atoms with van der Waals surface area (Å²) in [5, 5.41) is 8.01. The quantitative estimate of drug-likeness (QED) is 0.490. The van der Waals surface area contributed by atoms with Crippen molar-refractivity contribution in [1.82, 2.24) is 10.6 Å². The number of morpholine rings is 1. The Labute approximate surface area is 158 Å². The standard InChI is InChI=1S/C20H35N3OS/c1-15(20-12-16-9-17(13-20)11-18(10-16)14-20)22-19(25)21-3-2-4-23-5-7-24-8-6-23/h15-18H,2-14H2,1H3,(H2,21,22,25)/p+1/t15-,16?,17?,18?,20?/m1/s1. The van der Waals surface area contributed by atoms with E-state index >= 15 is 0 Å². The van der Waals surface area contributed by atoms with Gasteiger partial charge >= 0.3 is 0 Å². The monoisotopic (exact) mass is 366 g/mol. The highest BCUT2D eigenvalue weighted by molar-refractivity contribution is 7.80. The van der Waals surface area contributed by atoms with Crippen LogP contribution in [-0.4, -0.2) is 50.5 Å². The van der Waals surface area contributed by atoms with Crippen LogP contribution in [-0.2, 0) is 4.74 Å². The van der Waals surface area contributed by atoms with Crippen LogP contribution in [0.1, 0.15) is 51.9 Å².